The van der Waals surface area contributed by atoms with E-state index in [4.69, 9.17) is 16.3 Å². The first-order chi connectivity index (χ1) is 8.74. The molecule has 1 saturated heterocycles. The third-order valence-electron chi connectivity index (χ3n) is 3.72. The van der Waals surface area contributed by atoms with Crippen molar-refractivity contribution in [3.05, 3.63) is 33.3 Å². The van der Waals surface area contributed by atoms with Crippen molar-refractivity contribution in [2.24, 2.45) is 5.92 Å². The minimum absolute atomic E-state index is 0.171. The number of rotatable bonds is 4. The van der Waals surface area contributed by atoms with Crippen molar-refractivity contribution in [2.45, 2.75) is 31.4 Å². The number of halogens is 2. The van der Waals surface area contributed by atoms with Gasteiger partial charge in [-0.15, -0.1) is 0 Å². The molecule has 1 aromatic carbocycles. The summed E-state index contributed by atoms with van der Waals surface area (Å²) in [6.45, 7) is 1.90. The summed E-state index contributed by atoms with van der Waals surface area (Å²) in [5.41, 5.74) is 1.18. The summed E-state index contributed by atoms with van der Waals surface area (Å²) in [6.07, 6.45) is 3.96. The summed E-state index contributed by atoms with van der Waals surface area (Å²) in [5.74, 6) is 0.556. The molecule has 2 fully saturated rings. The molecule has 0 spiro atoms. The summed E-state index contributed by atoms with van der Waals surface area (Å²) in [4.78, 5) is 0. The summed E-state index contributed by atoms with van der Waals surface area (Å²) < 4.78 is 7.00. The van der Waals surface area contributed by atoms with Gasteiger partial charge in [0.25, 0.3) is 0 Å². The lowest BCUT2D eigenvalue weighted by molar-refractivity contribution is 0.0899. The molecule has 1 aliphatic carbocycles. The van der Waals surface area contributed by atoms with E-state index in [1.807, 2.05) is 18.2 Å². The van der Waals surface area contributed by atoms with Crippen LogP contribution in [0.4, 0.5) is 0 Å². The molecular weight excluding hydrogens is 314 g/mol. The molecule has 2 nitrogen and oxygen atoms in total. The van der Waals surface area contributed by atoms with E-state index < -0.39 is 0 Å². The van der Waals surface area contributed by atoms with E-state index in [0.29, 0.717) is 5.92 Å². The van der Waals surface area contributed by atoms with Crippen LogP contribution in [0.25, 0.3) is 0 Å². The van der Waals surface area contributed by atoms with E-state index in [1.54, 1.807) is 0 Å². The Morgan fingerprint density at radius 3 is 2.94 bits per heavy atom. The van der Waals surface area contributed by atoms with Gasteiger partial charge in [0.05, 0.1) is 6.10 Å². The van der Waals surface area contributed by atoms with Crippen LogP contribution in [0.2, 0.25) is 5.02 Å². The number of ether oxygens (including phenoxy) is 1. The van der Waals surface area contributed by atoms with Crippen LogP contribution in [0.15, 0.2) is 22.7 Å². The highest BCUT2D eigenvalue weighted by atomic mass is 79.9. The maximum Gasteiger partial charge on any atom is 0.0877 e. The molecular formula is C14H17BrClNO. The van der Waals surface area contributed by atoms with Gasteiger partial charge in [0.2, 0.25) is 0 Å². The van der Waals surface area contributed by atoms with E-state index in [1.165, 1.54) is 18.4 Å². The lowest BCUT2D eigenvalue weighted by Crippen LogP contribution is -2.26. The highest BCUT2D eigenvalue weighted by molar-refractivity contribution is 9.10. The average molecular weight is 331 g/mol. The van der Waals surface area contributed by atoms with Crippen molar-refractivity contribution >= 4 is 27.5 Å². The standard InChI is InChI=1S/C14H17BrClNO/c15-13-4-1-10(16)7-12(13)14-9(5-6-18-14)8-17-11-2-3-11/h1,4,7,9,11,14,17H,2-3,5-6,8H2. The van der Waals surface area contributed by atoms with Gasteiger partial charge in [0.15, 0.2) is 0 Å². The van der Waals surface area contributed by atoms with E-state index in [0.717, 1.165) is 35.1 Å². The van der Waals surface area contributed by atoms with Gasteiger partial charge in [-0.05, 0) is 43.0 Å². The van der Waals surface area contributed by atoms with Crippen molar-refractivity contribution in [3.63, 3.8) is 0 Å². The SMILES string of the molecule is Clc1ccc(Br)c(C2OCCC2CNC2CC2)c1. The Morgan fingerprint density at radius 2 is 2.17 bits per heavy atom. The molecule has 1 saturated carbocycles. The van der Waals surface area contributed by atoms with Gasteiger partial charge < -0.3 is 10.1 Å². The molecule has 4 heteroatoms. The summed E-state index contributed by atoms with van der Waals surface area (Å²) in [5, 5.41) is 4.38. The predicted molar refractivity (Wildman–Crippen MR) is 77.0 cm³/mol. The molecule has 0 bridgehead atoms. The number of benzene rings is 1. The first-order valence-electron chi connectivity index (χ1n) is 6.54. The molecule has 1 aromatic rings. The first kappa shape index (κ1) is 12.9. The molecule has 1 aliphatic heterocycles. The Labute approximate surface area is 121 Å². The van der Waals surface area contributed by atoms with Crippen LogP contribution >= 0.6 is 27.5 Å². The molecule has 1 heterocycles. The normalized spacial score (nSPS) is 27.7. The third-order valence-corrected chi connectivity index (χ3v) is 4.68. The summed E-state index contributed by atoms with van der Waals surface area (Å²) in [7, 11) is 0. The van der Waals surface area contributed by atoms with E-state index in [9.17, 15) is 0 Å². The van der Waals surface area contributed by atoms with E-state index in [-0.39, 0.29) is 6.10 Å². The molecule has 18 heavy (non-hydrogen) atoms. The van der Waals surface area contributed by atoms with Gasteiger partial charge in [-0.2, -0.15) is 0 Å². The molecule has 0 radical (unpaired) electrons. The topological polar surface area (TPSA) is 21.3 Å². The second kappa shape index (κ2) is 5.49. The third kappa shape index (κ3) is 2.90. The van der Waals surface area contributed by atoms with Crippen LogP contribution in [-0.2, 0) is 4.74 Å². The molecule has 2 unspecified atom stereocenters. The van der Waals surface area contributed by atoms with Gasteiger partial charge in [-0.3, -0.25) is 0 Å². The van der Waals surface area contributed by atoms with E-state index in [2.05, 4.69) is 21.2 Å². The lowest BCUT2D eigenvalue weighted by atomic mass is 9.95. The van der Waals surface area contributed by atoms with Crippen LogP contribution < -0.4 is 5.32 Å². The van der Waals surface area contributed by atoms with Crippen molar-refractivity contribution in [1.29, 1.82) is 0 Å². The van der Waals surface area contributed by atoms with Gasteiger partial charge >= 0.3 is 0 Å². The Morgan fingerprint density at radius 1 is 1.33 bits per heavy atom. The average Bonchev–Trinajstić information content (AvgIpc) is 3.08. The second-order valence-electron chi connectivity index (χ2n) is 5.19. The Kier molecular flexibility index (Phi) is 3.94. The van der Waals surface area contributed by atoms with Crippen LogP contribution in [0.5, 0.6) is 0 Å². The molecule has 0 amide bonds. The van der Waals surface area contributed by atoms with Gasteiger partial charge in [0.1, 0.15) is 0 Å². The predicted octanol–water partition coefficient (Wildman–Crippen LogP) is 3.93. The van der Waals surface area contributed by atoms with Crippen molar-refractivity contribution < 1.29 is 4.74 Å². The lowest BCUT2D eigenvalue weighted by Gasteiger charge is -2.20. The maximum absolute atomic E-state index is 6.09. The number of nitrogens with one attached hydrogen (secondary N) is 1. The zero-order valence-electron chi connectivity index (χ0n) is 10.2. The quantitative estimate of drug-likeness (QED) is 0.903. The van der Waals surface area contributed by atoms with Gasteiger partial charge in [0, 0.05) is 34.6 Å². The summed E-state index contributed by atoms with van der Waals surface area (Å²) >= 11 is 9.69. The van der Waals surface area contributed by atoms with Crippen LogP contribution in [0.1, 0.15) is 30.9 Å². The highest BCUT2D eigenvalue weighted by Crippen LogP contribution is 2.39. The minimum Gasteiger partial charge on any atom is -0.373 e. The van der Waals surface area contributed by atoms with Crippen LogP contribution in [-0.4, -0.2) is 19.2 Å². The largest absolute Gasteiger partial charge is 0.373 e. The van der Waals surface area contributed by atoms with Crippen molar-refractivity contribution in [2.75, 3.05) is 13.2 Å². The smallest absolute Gasteiger partial charge is 0.0877 e. The van der Waals surface area contributed by atoms with Crippen LogP contribution in [0.3, 0.4) is 0 Å². The second-order valence-corrected chi connectivity index (χ2v) is 6.48. The molecule has 2 atom stereocenters. The summed E-state index contributed by atoms with van der Waals surface area (Å²) in [6, 6.07) is 6.69. The molecule has 98 valence electrons. The fourth-order valence-corrected chi connectivity index (χ4v) is 3.18. The monoisotopic (exact) mass is 329 g/mol. The van der Waals surface area contributed by atoms with Crippen molar-refractivity contribution in [3.8, 4) is 0 Å². The highest BCUT2D eigenvalue weighted by Gasteiger charge is 2.32. The Bertz CT molecular complexity index is 436. The fourth-order valence-electron chi connectivity index (χ4n) is 2.52. The van der Waals surface area contributed by atoms with E-state index >= 15 is 0 Å². The minimum atomic E-state index is 0.171. The number of hydrogen-bond donors (Lipinski definition) is 1. The number of hydrogen-bond acceptors (Lipinski definition) is 2. The molecule has 2 aliphatic rings. The fraction of sp³-hybridized carbons (Fsp3) is 0.571. The van der Waals surface area contributed by atoms with Gasteiger partial charge in [-0.1, -0.05) is 27.5 Å². The van der Waals surface area contributed by atoms with Gasteiger partial charge in [-0.25, -0.2) is 0 Å². The Hall–Kier alpha value is -0.0900. The zero-order valence-corrected chi connectivity index (χ0v) is 12.5. The molecule has 3 rings (SSSR count). The first-order valence-corrected chi connectivity index (χ1v) is 7.71. The van der Waals surface area contributed by atoms with Crippen molar-refractivity contribution in [1.82, 2.24) is 5.32 Å². The Balaban J connectivity index is 1.73. The zero-order chi connectivity index (χ0) is 12.5. The maximum atomic E-state index is 6.09. The molecule has 1 N–H and O–H groups in total. The molecule has 0 aromatic heterocycles. The van der Waals surface area contributed by atoms with Crippen LogP contribution in [0, 0.1) is 5.92 Å².